The van der Waals surface area contributed by atoms with Gasteiger partial charge in [-0.25, -0.2) is 0 Å². The number of nitrogens with two attached hydrogens (primary N) is 1. The molecule has 1 heterocycles. The molecule has 1 aromatic carbocycles. The number of hydrogen-bond donors (Lipinski definition) is 1. The highest BCUT2D eigenvalue weighted by atomic mass is 79.9. The minimum atomic E-state index is -0.0120. The van der Waals surface area contributed by atoms with E-state index in [1.54, 1.807) is 11.3 Å². The van der Waals surface area contributed by atoms with Crippen molar-refractivity contribution < 1.29 is 4.74 Å². The Labute approximate surface area is 133 Å². The zero-order valence-electron chi connectivity index (χ0n) is 11.6. The van der Waals surface area contributed by atoms with Gasteiger partial charge in [0.15, 0.2) is 0 Å². The van der Waals surface area contributed by atoms with Gasteiger partial charge < -0.3 is 10.5 Å². The smallest absolute Gasteiger partial charge is 0.106 e. The minimum Gasteiger partial charge on any atom is -0.371 e. The third-order valence-electron chi connectivity index (χ3n) is 3.10. The highest BCUT2D eigenvalue weighted by Crippen LogP contribution is 2.31. The first-order chi connectivity index (χ1) is 9.66. The van der Waals surface area contributed by atoms with Crippen LogP contribution in [-0.4, -0.2) is 12.6 Å². The zero-order valence-corrected chi connectivity index (χ0v) is 14.0. The molecule has 2 N–H and O–H groups in total. The van der Waals surface area contributed by atoms with Crippen molar-refractivity contribution in [2.24, 2.45) is 5.73 Å². The largest absolute Gasteiger partial charge is 0.371 e. The Morgan fingerprint density at radius 2 is 1.95 bits per heavy atom. The van der Waals surface area contributed by atoms with Gasteiger partial charge in [-0.3, -0.25) is 0 Å². The molecule has 108 valence electrons. The van der Waals surface area contributed by atoms with Crippen molar-refractivity contribution in [3.05, 3.63) is 56.7 Å². The van der Waals surface area contributed by atoms with Crippen molar-refractivity contribution in [1.82, 2.24) is 0 Å². The van der Waals surface area contributed by atoms with E-state index in [2.05, 4.69) is 46.3 Å². The summed E-state index contributed by atoms with van der Waals surface area (Å²) in [6.07, 6.45) is 2.04. The molecule has 20 heavy (non-hydrogen) atoms. The number of thiophene rings is 1. The van der Waals surface area contributed by atoms with Crippen LogP contribution in [-0.2, 0) is 11.2 Å². The van der Waals surface area contributed by atoms with Crippen LogP contribution < -0.4 is 5.73 Å². The summed E-state index contributed by atoms with van der Waals surface area (Å²) in [5, 5.41) is 0. The first-order valence-electron chi connectivity index (χ1n) is 6.83. The molecule has 2 atom stereocenters. The average molecular weight is 354 g/mol. The molecule has 0 spiro atoms. The highest BCUT2D eigenvalue weighted by Gasteiger charge is 2.18. The molecule has 2 nitrogen and oxygen atoms in total. The Kier molecular flexibility index (Phi) is 6.23. The number of rotatable bonds is 7. The fourth-order valence-electron chi connectivity index (χ4n) is 2.11. The molecule has 2 aromatic rings. The van der Waals surface area contributed by atoms with Crippen LogP contribution in [0.4, 0.5) is 0 Å². The topological polar surface area (TPSA) is 35.2 Å². The second-order valence-electron chi connectivity index (χ2n) is 4.88. The van der Waals surface area contributed by atoms with E-state index in [-0.39, 0.29) is 12.1 Å². The van der Waals surface area contributed by atoms with E-state index in [1.165, 1.54) is 10.4 Å². The zero-order chi connectivity index (χ0) is 14.4. The number of ether oxygens (including phenoxy) is 1. The summed E-state index contributed by atoms with van der Waals surface area (Å²) in [6, 6.07) is 14.6. The van der Waals surface area contributed by atoms with Gasteiger partial charge >= 0.3 is 0 Å². The fourth-order valence-corrected chi connectivity index (χ4v) is 3.69. The maximum Gasteiger partial charge on any atom is 0.106 e. The first-order valence-corrected chi connectivity index (χ1v) is 8.44. The summed E-state index contributed by atoms with van der Waals surface area (Å²) in [6.45, 7) is 2.73. The first kappa shape index (κ1) is 15.7. The molecular formula is C16H20BrNOS. The fraction of sp³-hybridized carbons (Fsp3) is 0.375. The van der Waals surface area contributed by atoms with E-state index in [4.69, 9.17) is 10.5 Å². The van der Waals surface area contributed by atoms with Crippen molar-refractivity contribution in [3.8, 4) is 0 Å². The molecule has 0 amide bonds. The second-order valence-corrected chi connectivity index (χ2v) is 7.38. The summed E-state index contributed by atoms with van der Waals surface area (Å²) in [4.78, 5) is 1.19. The molecule has 0 saturated carbocycles. The Bertz CT molecular complexity index is 512. The molecule has 0 aliphatic heterocycles. The van der Waals surface area contributed by atoms with E-state index in [0.717, 1.165) is 23.2 Å². The van der Waals surface area contributed by atoms with E-state index in [9.17, 15) is 0 Å². The lowest BCUT2D eigenvalue weighted by atomic mass is 10.1. The molecule has 0 saturated heterocycles. The Balaban J connectivity index is 1.81. The Hall–Kier alpha value is -0.680. The van der Waals surface area contributed by atoms with Crippen molar-refractivity contribution in [2.45, 2.75) is 31.9 Å². The predicted octanol–water partition coefficient (Wildman–Crippen LogP) is 4.55. The molecule has 2 rings (SSSR count). The third-order valence-corrected chi connectivity index (χ3v) is 4.79. The Morgan fingerprint density at radius 1 is 1.20 bits per heavy atom. The molecule has 4 heteroatoms. The SMILES string of the molecule is CC(N)C(OCCCc1ccccc1)c1ccc(Br)s1. The highest BCUT2D eigenvalue weighted by molar-refractivity contribution is 9.11. The summed E-state index contributed by atoms with van der Waals surface area (Å²) in [7, 11) is 0. The van der Waals surface area contributed by atoms with Crippen LogP contribution in [0.25, 0.3) is 0 Å². The molecule has 0 fully saturated rings. The predicted molar refractivity (Wildman–Crippen MR) is 89.1 cm³/mol. The molecule has 2 unspecified atom stereocenters. The molecule has 0 aliphatic rings. The van der Waals surface area contributed by atoms with E-state index in [0.29, 0.717) is 0 Å². The molecular weight excluding hydrogens is 334 g/mol. The number of halogens is 1. The number of hydrogen-bond acceptors (Lipinski definition) is 3. The van der Waals surface area contributed by atoms with Crippen LogP contribution >= 0.6 is 27.3 Å². The second kappa shape index (κ2) is 7.93. The van der Waals surface area contributed by atoms with Gasteiger partial charge in [-0.1, -0.05) is 30.3 Å². The van der Waals surface area contributed by atoms with Crippen LogP contribution in [0.1, 0.15) is 29.9 Å². The molecule has 0 radical (unpaired) electrons. The van der Waals surface area contributed by atoms with E-state index >= 15 is 0 Å². The minimum absolute atomic E-state index is 0.00252. The van der Waals surface area contributed by atoms with Crippen molar-refractivity contribution in [2.75, 3.05) is 6.61 Å². The lowest BCUT2D eigenvalue weighted by Gasteiger charge is -2.20. The van der Waals surface area contributed by atoms with Crippen LogP contribution in [0.5, 0.6) is 0 Å². The van der Waals surface area contributed by atoms with Crippen LogP contribution in [0.2, 0.25) is 0 Å². The monoisotopic (exact) mass is 353 g/mol. The van der Waals surface area contributed by atoms with E-state index in [1.807, 2.05) is 19.1 Å². The van der Waals surface area contributed by atoms with Crippen molar-refractivity contribution in [1.29, 1.82) is 0 Å². The normalized spacial score (nSPS) is 14.2. The molecule has 0 bridgehead atoms. The van der Waals surface area contributed by atoms with Gasteiger partial charge in [0.1, 0.15) is 6.10 Å². The van der Waals surface area contributed by atoms with Gasteiger partial charge in [-0.05, 0) is 53.4 Å². The van der Waals surface area contributed by atoms with Crippen LogP contribution in [0, 0.1) is 0 Å². The van der Waals surface area contributed by atoms with Gasteiger partial charge in [0.05, 0.1) is 3.79 Å². The lowest BCUT2D eigenvalue weighted by Crippen LogP contribution is -2.26. The molecule has 0 aliphatic carbocycles. The van der Waals surface area contributed by atoms with Crippen LogP contribution in [0.3, 0.4) is 0 Å². The average Bonchev–Trinajstić information content (AvgIpc) is 2.85. The van der Waals surface area contributed by atoms with Gasteiger partial charge in [0.25, 0.3) is 0 Å². The number of benzene rings is 1. The van der Waals surface area contributed by atoms with Gasteiger partial charge in [-0.15, -0.1) is 11.3 Å². The quantitative estimate of drug-likeness (QED) is 0.741. The maximum atomic E-state index is 6.04. The Morgan fingerprint density at radius 3 is 2.55 bits per heavy atom. The standard InChI is InChI=1S/C16H20BrNOS/c1-12(18)16(14-9-10-15(17)20-14)19-11-5-8-13-6-3-2-4-7-13/h2-4,6-7,9-10,12,16H,5,8,11,18H2,1H3. The summed E-state index contributed by atoms with van der Waals surface area (Å²) in [5.41, 5.74) is 7.39. The van der Waals surface area contributed by atoms with Gasteiger partial charge in [0.2, 0.25) is 0 Å². The summed E-state index contributed by atoms with van der Waals surface area (Å²) in [5.74, 6) is 0. The molecule has 1 aromatic heterocycles. The van der Waals surface area contributed by atoms with Gasteiger partial charge in [-0.2, -0.15) is 0 Å². The van der Waals surface area contributed by atoms with Crippen molar-refractivity contribution in [3.63, 3.8) is 0 Å². The lowest BCUT2D eigenvalue weighted by molar-refractivity contribution is 0.0394. The number of aryl methyl sites for hydroxylation is 1. The van der Waals surface area contributed by atoms with Gasteiger partial charge in [0, 0.05) is 17.5 Å². The third kappa shape index (κ3) is 4.70. The van der Waals surface area contributed by atoms with E-state index < -0.39 is 0 Å². The maximum absolute atomic E-state index is 6.04. The van der Waals surface area contributed by atoms with Crippen molar-refractivity contribution >= 4 is 27.3 Å². The summed E-state index contributed by atoms with van der Waals surface area (Å²) >= 11 is 5.17. The summed E-state index contributed by atoms with van der Waals surface area (Å²) < 4.78 is 7.11. The van der Waals surface area contributed by atoms with Crippen LogP contribution in [0.15, 0.2) is 46.3 Å².